The Morgan fingerprint density at radius 1 is 1.17 bits per heavy atom. The Kier molecular flexibility index (Phi) is 2.99. The van der Waals surface area contributed by atoms with Gasteiger partial charge < -0.3 is 10.2 Å². The Morgan fingerprint density at radius 2 is 1.72 bits per heavy atom. The normalized spacial score (nSPS) is 11.7. The molecular weight excluding hydrogens is 228 g/mol. The van der Waals surface area contributed by atoms with E-state index in [1.807, 2.05) is 30.3 Å². The molecule has 0 unspecified atom stereocenters. The predicted molar refractivity (Wildman–Crippen MR) is 70.7 cm³/mol. The largest absolute Gasteiger partial charge is 0.508 e. The number of rotatable bonds is 3. The molecule has 2 N–H and O–H groups in total. The molecule has 0 aromatic heterocycles. The third kappa shape index (κ3) is 2.30. The summed E-state index contributed by atoms with van der Waals surface area (Å²) in [6.45, 7) is 3.31. The van der Waals surface area contributed by atoms with Gasteiger partial charge in [-0.05, 0) is 48.7 Å². The van der Waals surface area contributed by atoms with E-state index in [1.165, 1.54) is 0 Å². The van der Waals surface area contributed by atoms with Gasteiger partial charge in [0, 0.05) is 0 Å². The summed E-state index contributed by atoms with van der Waals surface area (Å²) in [5.41, 5.74) is -0.221. The second-order valence-corrected chi connectivity index (χ2v) is 5.19. The summed E-state index contributed by atoms with van der Waals surface area (Å²) in [7, 11) is 0. The number of aromatic hydroxyl groups is 1. The highest BCUT2D eigenvalue weighted by atomic mass is 16.4. The van der Waals surface area contributed by atoms with Gasteiger partial charge in [0.25, 0.3) is 0 Å². The zero-order valence-corrected chi connectivity index (χ0v) is 10.5. The number of phenolic OH excluding ortho intramolecular Hbond substituents is 1. The van der Waals surface area contributed by atoms with E-state index >= 15 is 0 Å². The minimum atomic E-state index is -0.889. The maximum Gasteiger partial charge on any atom is 0.309 e. The van der Waals surface area contributed by atoms with Gasteiger partial charge in [-0.3, -0.25) is 4.79 Å². The van der Waals surface area contributed by atoms with Crippen molar-refractivity contribution >= 4 is 16.7 Å². The zero-order valence-electron chi connectivity index (χ0n) is 10.5. The predicted octanol–water partition coefficient (Wildman–Crippen LogP) is 3.20. The number of carboxylic acids is 1. The van der Waals surface area contributed by atoms with E-state index in [4.69, 9.17) is 5.11 Å². The van der Waals surface area contributed by atoms with E-state index in [9.17, 15) is 9.90 Å². The topological polar surface area (TPSA) is 57.5 Å². The number of fused-ring (bicyclic) bond motifs is 1. The first-order chi connectivity index (χ1) is 8.40. The highest BCUT2D eigenvalue weighted by Crippen LogP contribution is 2.31. The first-order valence-electron chi connectivity index (χ1n) is 5.84. The summed E-state index contributed by atoms with van der Waals surface area (Å²) in [5.74, 6) is -0.710. The van der Waals surface area contributed by atoms with Crippen LogP contribution in [-0.4, -0.2) is 16.2 Å². The van der Waals surface area contributed by atoms with Crippen molar-refractivity contribution in [3.63, 3.8) is 0 Å². The van der Waals surface area contributed by atoms with Gasteiger partial charge in [0.15, 0.2) is 0 Å². The number of carbonyl (C=O) groups is 1. The quantitative estimate of drug-likeness (QED) is 0.871. The molecule has 94 valence electrons. The average Bonchev–Trinajstić information content (AvgIpc) is 2.29. The molecule has 0 fully saturated rings. The minimum absolute atomic E-state index is 0.156. The number of hydrogen-bond acceptors (Lipinski definition) is 2. The number of aliphatic carboxylic acids is 1. The fraction of sp³-hybridized carbons (Fsp3) is 0.267. The summed E-state index contributed by atoms with van der Waals surface area (Å²) in [6, 6.07) is 11.2. The van der Waals surface area contributed by atoms with Gasteiger partial charge >= 0.3 is 5.97 Å². The van der Waals surface area contributed by atoms with Crippen molar-refractivity contribution in [1.82, 2.24) is 0 Å². The lowest BCUT2D eigenvalue weighted by Gasteiger charge is -2.20. The SMILES string of the molecule is CC(C)(Cc1cc2ccccc2cc1O)C(=O)O. The Bertz CT molecular complexity index is 600. The molecule has 0 atom stereocenters. The van der Waals surface area contributed by atoms with Gasteiger partial charge in [-0.2, -0.15) is 0 Å². The third-order valence-corrected chi connectivity index (χ3v) is 3.16. The van der Waals surface area contributed by atoms with E-state index in [1.54, 1.807) is 19.9 Å². The van der Waals surface area contributed by atoms with Crippen molar-refractivity contribution < 1.29 is 15.0 Å². The molecule has 0 aliphatic rings. The van der Waals surface area contributed by atoms with Crippen LogP contribution in [0, 0.1) is 5.41 Å². The van der Waals surface area contributed by atoms with Gasteiger partial charge in [-0.1, -0.05) is 24.3 Å². The van der Waals surface area contributed by atoms with Crippen molar-refractivity contribution in [2.75, 3.05) is 0 Å². The van der Waals surface area contributed by atoms with Gasteiger partial charge in [0.1, 0.15) is 5.75 Å². The first kappa shape index (κ1) is 12.4. The first-order valence-corrected chi connectivity index (χ1v) is 5.84. The van der Waals surface area contributed by atoms with E-state index in [0.29, 0.717) is 12.0 Å². The number of carboxylic acid groups (broad SMARTS) is 1. The molecule has 0 radical (unpaired) electrons. The highest BCUT2D eigenvalue weighted by Gasteiger charge is 2.28. The van der Waals surface area contributed by atoms with Crippen LogP contribution in [0.2, 0.25) is 0 Å². The second-order valence-electron chi connectivity index (χ2n) is 5.19. The molecule has 0 saturated carbocycles. The maximum atomic E-state index is 11.1. The Labute approximate surface area is 106 Å². The van der Waals surface area contributed by atoms with E-state index in [-0.39, 0.29) is 5.75 Å². The molecule has 0 aliphatic heterocycles. The van der Waals surface area contributed by atoms with Crippen molar-refractivity contribution in [2.45, 2.75) is 20.3 Å². The zero-order chi connectivity index (χ0) is 13.3. The maximum absolute atomic E-state index is 11.1. The molecule has 2 aromatic carbocycles. The molecule has 3 nitrogen and oxygen atoms in total. The van der Waals surface area contributed by atoms with Crippen LogP contribution < -0.4 is 0 Å². The summed E-state index contributed by atoms with van der Waals surface area (Å²) in [4.78, 5) is 11.1. The Morgan fingerprint density at radius 3 is 2.28 bits per heavy atom. The summed E-state index contributed by atoms with van der Waals surface area (Å²) in [6.07, 6.45) is 0.305. The fourth-order valence-corrected chi connectivity index (χ4v) is 1.97. The van der Waals surface area contributed by atoms with Gasteiger partial charge in [0.2, 0.25) is 0 Å². The molecule has 0 amide bonds. The lowest BCUT2D eigenvalue weighted by molar-refractivity contribution is -0.146. The van der Waals surface area contributed by atoms with Crippen LogP contribution in [0.3, 0.4) is 0 Å². The lowest BCUT2D eigenvalue weighted by Crippen LogP contribution is -2.26. The molecule has 0 spiro atoms. The Hall–Kier alpha value is -2.03. The minimum Gasteiger partial charge on any atom is -0.508 e. The average molecular weight is 244 g/mol. The lowest BCUT2D eigenvalue weighted by atomic mass is 9.85. The van der Waals surface area contributed by atoms with Crippen LogP contribution in [0.5, 0.6) is 5.75 Å². The number of benzene rings is 2. The van der Waals surface area contributed by atoms with E-state index in [2.05, 4.69) is 0 Å². The van der Waals surface area contributed by atoms with Gasteiger partial charge in [-0.25, -0.2) is 0 Å². The van der Waals surface area contributed by atoms with Crippen LogP contribution in [0.25, 0.3) is 10.8 Å². The van der Waals surface area contributed by atoms with Gasteiger partial charge in [-0.15, -0.1) is 0 Å². The van der Waals surface area contributed by atoms with Crippen LogP contribution in [0.4, 0.5) is 0 Å². The Balaban J connectivity index is 2.45. The summed E-state index contributed by atoms with van der Waals surface area (Å²) in [5, 5.41) is 21.0. The van der Waals surface area contributed by atoms with Crippen LogP contribution >= 0.6 is 0 Å². The molecule has 0 bridgehead atoms. The number of hydrogen-bond donors (Lipinski definition) is 2. The number of phenols is 1. The monoisotopic (exact) mass is 244 g/mol. The molecule has 0 saturated heterocycles. The summed E-state index contributed by atoms with van der Waals surface area (Å²) < 4.78 is 0. The van der Waals surface area contributed by atoms with Crippen LogP contribution in [-0.2, 0) is 11.2 Å². The third-order valence-electron chi connectivity index (χ3n) is 3.16. The molecule has 2 rings (SSSR count). The summed E-state index contributed by atoms with van der Waals surface area (Å²) >= 11 is 0. The van der Waals surface area contributed by atoms with Crippen LogP contribution in [0.1, 0.15) is 19.4 Å². The van der Waals surface area contributed by atoms with E-state index in [0.717, 1.165) is 10.8 Å². The van der Waals surface area contributed by atoms with Crippen molar-refractivity contribution in [1.29, 1.82) is 0 Å². The molecular formula is C15H16O3. The smallest absolute Gasteiger partial charge is 0.309 e. The molecule has 0 heterocycles. The fourth-order valence-electron chi connectivity index (χ4n) is 1.97. The molecule has 18 heavy (non-hydrogen) atoms. The second kappa shape index (κ2) is 4.33. The molecule has 3 heteroatoms. The van der Waals surface area contributed by atoms with Crippen molar-refractivity contribution in [3.05, 3.63) is 42.0 Å². The molecule has 2 aromatic rings. The molecule has 0 aliphatic carbocycles. The van der Waals surface area contributed by atoms with Crippen LogP contribution in [0.15, 0.2) is 36.4 Å². The van der Waals surface area contributed by atoms with E-state index < -0.39 is 11.4 Å². The highest BCUT2D eigenvalue weighted by molar-refractivity contribution is 5.85. The van der Waals surface area contributed by atoms with Crippen molar-refractivity contribution in [3.8, 4) is 5.75 Å². The van der Waals surface area contributed by atoms with Gasteiger partial charge in [0.05, 0.1) is 5.41 Å². The van der Waals surface area contributed by atoms with Crippen molar-refractivity contribution in [2.24, 2.45) is 5.41 Å². The standard InChI is InChI=1S/C15H16O3/c1-15(2,14(17)18)9-12-7-10-5-3-4-6-11(10)8-13(12)16/h3-8,16H,9H2,1-2H3,(H,17,18).